The van der Waals surface area contributed by atoms with Gasteiger partial charge in [0.25, 0.3) is 0 Å². The Hall–Kier alpha value is -0.570. The second kappa shape index (κ2) is 3.01. The van der Waals surface area contributed by atoms with Crippen molar-refractivity contribution in [2.24, 2.45) is 5.89 Å². The minimum absolute atomic E-state index is 2.45. The van der Waals surface area contributed by atoms with Crippen LogP contribution in [0.1, 0.15) is 39.2 Å². The zero-order valence-electron chi connectivity index (χ0n) is 14.8. The fraction of sp³-hybridized carbons (Fsp3) is 0.857. The van der Waals surface area contributed by atoms with E-state index in [2.05, 4.69) is 0 Å². The third-order valence-electron chi connectivity index (χ3n) is 0.826. The molecule has 10 heavy (non-hydrogen) atoms. The van der Waals surface area contributed by atoms with E-state index < -0.39 is 43.4 Å². The summed E-state index contributed by atoms with van der Waals surface area (Å²) < 4.78 is 74.1. The first-order chi connectivity index (χ1) is 8.44. The van der Waals surface area contributed by atoms with E-state index in [1.54, 1.807) is 0 Å². The lowest BCUT2D eigenvalue weighted by Crippen LogP contribution is -2.25. The number of rotatable bonds is 1. The summed E-state index contributed by atoms with van der Waals surface area (Å²) in [5.41, 5.74) is 0. The van der Waals surface area contributed by atoms with Crippen LogP contribution in [0, 0.1) is 5.89 Å². The van der Waals surface area contributed by atoms with Crippen LogP contribution in [0.5, 0.6) is 0 Å². The molecule has 2 unspecified atom stereocenters. The number of carboxylic acid groups (broad SMARTS) is 1. The molecule has 2 atom stereocenters. The summed E-state index contributed by atoms with van der Waals surface area (Å²) in [6, 6.07) is 0. The third-order valence-corrected chi connectivity index (χ3v) is 0.826. The summed E-state index contributed by atoms with van der Waals surface area (Å²) in [6.07, 6.45) is -19.4. The normalized spacial score (nSPS) is 83.3. The molecule has 0 aliphatic heterocycles. The predicted molar refractivity (Wildman–Crippen MR) is 35.6 cm³/mol. The maximum atomic E-state index is 11.1. The Morgan fingerprint density at radius 3 is 3.00 bits per heavy atom. The van der Waals surface area contributed by atoms with Crippen molar-refractivity contribution in [2.45, 2.75) is 31.6 Å². The molecule has 0 aromatic carbocycles. The Kier molecular flexibility index (Phi) is 0.535. The van der Waals surface area contributed by atoms with Gasteiger partial charge in [0, 0.05) is 12.3 Å². The lowest BCUT2D eigenvalue weighted by Gasteiger charge is -2.21. The van der Waals surface area contributed by atoms with Crippen LogP contribution in [0.15, 0.2) is 0 Å². The van der Waals surface area contributed by atoms with Gasteiger partial charge in [0.05, 0.1) is 13.3 Å². The van der Waals surface area contributed by atoms with Crippen LogP contribution in [0.3, 0.4) is 0 Å². The second-order valence-electron chi connectivity index (χ2n) is 1.53. The van der Waals surface area contributed by atoms with Crippen molar-refractivity contribution >= 4 is 5.97 Å². The number of aliphatic carboxylic acids is 1. The van der Waals surface area contributed by atoms with Crippen molar-refractivity contribution < 1.29 is 28.7 Å². The van der Waals surface area contributed by atoms with E-state index in [0.717, 1.165) is 0 Å². The Labute approximate surface area is 73.7 Å². The molecule has 0 spiro atoms. The van der Waals surface area contributed by atoms with Crippen LogP contribution in [0.4, 0.5) is 0 Å². The van der Waals surface area contributed by atoms with Crippen molar-refractivity contribution in [1.82, 2.24) is 0 Å². The second-order valence-corrected chi connectivity index (χ2v) is 1.53. The number of hydrogen-bond acceptors (Lipinski definition) is 2. The Morgan fingerprint density at radius 1 is 1.70 bits per heavy atom. The quantitative estimate of drug-likeness (QED) is 0.582. The van der Waals surface area contributed by atoms with Crippen molar-refractivity contribution in [2.75, 3.05) is 0 Å². The molecule has 3 heteroatoms. The third kappa shape index (κ3) is 1.70. The van der Waals surface area contributed by atoms with Gasteiger partial charge < -0.3 is 10.2 Å². The molecule has 3 nitrogen and oxygen atoms in total. The molecule has 0 aromatic heterocycles. The van der Waals surface area contributed by atoms with Crippen LogP contribution in [-0.4, -0.2) is 22.3 Å². The summed E-state index contributed by atoms with van der Waals surface area (Å²) in [7, 11) is 0. The van der Waals surface area contributed by atoms with Gasteiger partial charge in [-0.15, -0.1) is 0 Å². The molecule has 1 saturated carbocycles. The van der Waals surface area contributed by atoms with Crippen molar-refractivity contribution in [3.05, 3.63) is 0 Å². The summed E-state index contributed by atoms with van der Waals surface area (Å²) in [6.45, 7) is 0. The highest BCUT2D eigenvalue weighted by molar-refractivity contribution is 5.70. The van der Waals surface area contributed by atoms with Crippen LogP contribution in [0.25, 0.3) is 0 Å². The first-order valence-electron chi connectivity index (χ1n) is 7.40. The Bertz CT molecular complexity index is 426. The molecular formula is C7H12O3. The molecule has 2 N–H and O–H groups in total. The molecule has 0 amide bonds. The lowest BCUT2D eigenvalue weighted by molar-refractivity contribution is -0.144. The zero-order chi connectivity index (χ0) is 16.6. The maximum Gasteiger partial charge on any atom is 0.306 e. The molecule has 1 aliphatic carbocycles. The van der Waals surface area contributed by atoms with Crippen molar-refractivity contribution in [1.29, 1.82) is 0 Å². The van der Waals surface area contributed by atoms with Gasteiger partial charge in [-0.3, -0.25) is 4.79 Å². The summed E-state index contributed by atoms with van der Waals surface area (Å²) in [5, 5.41) is 18.7. The molecule has 1 aliphatic rings. The van der Waals surface area contributed by atoms with E-state index in [4.69, 9.17) is 18.8 Å². The first kappa shape index (κ1) is 1.78. The van der Waals surface area contributed by atoms with E-state index in [1.807, 2.05) is 0 Å². The summed E-state index contributed by atoms with van der Waals surface area (Å²) >= 11 is 0. The molecule has 0 radical (unpaired) electrons. The number of hydrogen-bond donors (Lipinski definition) is 2. The minimum atomic E-state index is -3.99. The Balaban J connectivity index is 3.88. The van der Waals surface area contributed by atoms with Gasteiger partial charge in [0.15, 0.2) is 0 Å². The summed E-state index contributed by atoms with van der Waals surface area (Å²) in [4.78, 5) is 11.1. The minimum Gasteiger partial charge on any atom is -0.481 e. The smallest absolute Gasteiger partial charge is 0.306 e. The van der Waals surface area contributed by atoms with Crippen LogP contribution < -0.4 is 0 Å². The maximum absolute atomic E-state index is 11.1. The van der Waals surface area contributed by atoms with Crippen molar-refractivity contribution in [3.8, 4) is 0 Å². The van der Waals surface area contributed by atoms with E-state index in [9.17, 15) is 9.90 Å². The van der Waals surface area contributed by atoms with Gasteiger partial charge in [-0.2, -0.15) is 0 Å². The topological polar surface area (TPSA) is 57.5 Å². The molecule has 0 bridgehead atoms. The zero-order valence-corrected chi connectivity index (χ0v) is 4.80. The van der Waals surface area contributed by atoms with Gasteiger partial charge in [0.2, 0.25) is 0 Å². The number of carbonyl (C=O) groups is 1. The average Bonchev–Trinajstić information content (AvgIpc) is 2.24. The highest BCUT2D eigenvalue weighted by Gasteiger charge is 2.25. The highest BCUT2D eigenvalue weighted by Crippen LogP contribution is 2.23. The molecular weight excluding hydrogens is 132 g/mol. The molecule has 1 fully saturated rings. The molecule has 0 heterocycles. The number of carboxylic acids is 1. The number of aliphatic hydroxyl groups is 1. The van der Waals surface area contributed by atoms with Crippen LogP contribution in [0.2, 0.25) is 0 Å². The average molecular weight is 154 g/mol. The van der Waals surface area contributed by atoms with Gasteiger partial charge >= 0.3 is 5.97 Å². The van der Waals surface area contributed by atoms with Crippen LogP contribution in [-0.2, 0) is 4.79 Å². The predicted octanol–water partition coefficient (Wildman–Crippen LogP) is 0.622. The standard InChI is InChI=1S/C7H12O3/c8-6-3-1-2-5(4-6)7(9)10/h5-6,8H,1-4H2,(H,9,10)/i1D2,2D2,3D2,4D2,5D,6D. The van der Waals surface area contributed by atoms with E-state index >= 15 is 0 Å². The monoisotopic (exact) mass is 154 g/mol. The van der Waals surface area contributed by atoms with Crippen molar-refractivity contribution in [3.63, 3.8) is 0 Å². The summed E-state index contributed by atoms with van der Waals surface area (Å²) in [5.74, 6) is -6.37. The SMILES string of the molecule is [2H]C1([2H])C([2H])([2H])C([2H])(O)C([2H])([2H])C([2H])(C(=O)O)C1([2H])[2H]. The Morgan fingerprint density at radius 2 is 2.40 bits per heavy atom. The van der Waals surface area contributed by atoms with Gasteiger partial charge in [-0.1, -0.05) is 6.37 Å². The fourth-order valence-corrected chi connectivity index (χ4v) is 0.441. The first-order valence-corrected chi connectivity index (χ1v) is 2.40. The molecule has 1 rings (SSSR count). The molecule has 58 valence electrons. The van der Waals surface area contributed by atoms with E-state index in [1.165, 1.54) is 0 Å². The lowest BCUT2D eigenvalue weighted by atomic mass is 9.87. The largest absolute Gasteiger partial charge is 0.481 e. The van der Waals surface area contributed by atoms with E-state index in [-0.39, 0.29) is 0 Å². The van der Waals surface area contributed by atoms with Gasteiger partial charge in [-0.05, 0) is 19.1 Å². The molecule has 0 saturated heterocycles. The highest BCUT2D eigenvalue weighted by atomic mass is 16.4. The van der Waals surface area contributed by atoms with E-state index in [0.29, 0.717) is 0 Å². The fourth-order valence-electron chi connectivity index (χ4n) is 0.441. The van der Waals surface area contributed by atoms with Crippen LogP contribution >= 0.6 is 0 Å². The van der Waals surface area contributed by atoms with Gasteiger partial charge in [0.1, 0.15) is 0 Å². The molecule has 0 aromatic rings. The van der Waals surface area contributed by atoms with Gasteiger partial charge in [-0.25, -0.2) is 0 Å².